The Morgan fingerprint density at radius 1 is 1.09 bits per heavy atom. The van der Waals surface area contributed by atoms with Gasteiger partial charge < -0.3 is 13.9 Å². The van der Waals surface area contributed by atoms with Gasteiger partial charge in [0.2, 0.25) is 0 Å². The van der Waals surface area contributed by atoms with E-state index < -0.39 is 0 Å². The number of rotatable bonds is 6. The molecule has 1 aliphatic carbocycles. The van der Waals surface area contributed by atoms with E-state index in [1.807, 2.05) is 47.1 Å². The third-order valence-electron chi connectivity index (χ3n) is 6.30. The van der Waals surface area contributed by atoms with Crippen LogP contribution in [0.2, 0.25) is 0 Å². The van der Waals surface area contributed by atoms with E-state index in [-0.39, 0.29) is 0 Å². The first-order chi connectivity index (χ1) is 15.8. The topological polar surface area (TPSA) is 90.6 Å². The van der Waals surface area contributed by atoms with Crippen LogP contribution in [-0.2, 0) is 4.18 Å². The SMILES string of the molecule is NSOCC1CCC(Nc2ccnc3cc(-c4ccc5oc6ccccc6c5c4)nn23)C1. The van der Waals surface area contributed by atoms with Crippen LogP contribution in [0, 0.1) is 5.92 Å². The van der Waals surface area contributed by atoms with Crippen molar-refractivity contribution in [1.82, 2.24) is 14.6 Å². The molecule has 0 saturated heterocycles. The van der Waals surface area contributed by atoms with Gasteiger partial charge in [-0.3, -0.25) is 5.14 Å². The van der Waals surface area contributed by atoms with Gasteiger partial charge in [-0.15, -0.1) is 0 Å². The van der Waals surface area contributed by atoms with E-state index in [0.29, 0.717) is 18.6 Å². The Morgan fingerprint density at radius 2 is 2.00 bits per heavy atom. The zero-order valence-corrected chi connectivity index (χ0v) is 18.2. The summed E-state index contributed by atoms with van der Waals surface area (Å²) >= 11 is 0.949. The van der Waals surface area contributed by atoms with Crippen LogP contribution >= 0.6 is 12.2 Å². The Balaban J connectivity index is 1.31. The van der Waals surface area contributed by atoms with Crippen molar-refractivity contribution in [3.63, 3.8) is 0 Å². The first-order valence-corrected chi connectivity index (χ1v) is 11.6. The van der Waals surface area contributed by atoms with Crippen molar-refractivity contribution in [3.05, 3.63) is 60.8 Å². The zero-order valence-electron chi connectivity index (χ0n) is 17.4. The quantitative estimate of drug-likeness (QED) is 0.267. The fraction of sp³-hybridized carbons (Fsp3) is 0.250. The minimum atomic E-state index is 0.387. The van der Waals surface area contributed by atoms with Crippen molar-refractivity contribution in [3.8, 4) is 11.3 Å². The van der Waals surface area contributed by atoms with Gasteiger partial charge in [0, 0.05) is 34.6 Å². The number of anilines is 1. The molecule has 3 heterocycles. The number of benzene rings is 2. The molecule has 1 fully saturated rings. The summed E-state index contributed by atoms with van der Waals surface area (Å²) in [5.41, 5.74) is 4.52. The largest absolute Gasteiger partial charge is 0.456 e. The molecule has 0 spiro atoms. The molecule has 0 amide bonds. The van der Waals surface area contributed by atoms with Gasteiger partial charge >= 0.3 is 0 Å². The lowest BCUT2D eigenvalue weighted by atomic mass is 10.1. The Bertz CT molecular complexity index is 1410. The monoisotopic (exact) mass is 445 g/mol. The van der Waals surface area contributed by atoms with Gasteiger partial charge in [-0.05, 0) is 55.5 Å². The van der Waals surface area contributed by atoms with Gasteiger partial charge in [-0.25, -0.2) is 4.98 Å². The maximum absolute atomic E-state index is 5.96. The van der Waals surface area contributed by atoms with Crippen molar-refractivity contribution in [1.29, 1.82) is 0 Å². The number of hydrogen-bond donors (Lipinski definition) is 2. The number of aromatic nitrogens is 3. The van der Waals surface area contributed by atoms with Gasteiger partial charge in [-0.1, -0.05) is 18.2 Å². The fourth-order valence-electron chi connectivity index (χ4n) is 4.73. The maximum atomic E-state index is 5.96. The van der Waals surface area contributed by atoms with Crippen molar-refractivity contribution >= 4 is 45.6 Å². The molecule has 8 heteroatoms. The van der Waals surface area contributed by atoms with E-state index in [4.69, 9.17) is 18.8 Å². The summed E-state index contributed by atoms with van der Waals surface area (Å²) in [6, 6.07) is 18.7. The standard InChI is InChI=1S/C24H23N5O2S/c25-32-30-14-15-5-7-17(11-15)27-23-9-10-26-24-13-20(28-29(23)24)16-6-8-22-19(12-16)18-3-1-2-4-21(18)31-22/h1-4,6,8-10,12-13,15,17,27H,5,7,11,14,25H2. The molecule has 2 aromatic carbocycles. The molecule has 7 nitrogen and oxygen atoms in total. The number of hydrogen-bond acceptors (Lipinski definition) is 7. The lowest BCUT2D eigenvalue weighted by Crippen LogP contribution is -2.18. The fourth-order valence-corrected chi connectivity index (χ4v) is 5.00. The molecule has 6 rings (SSSR count). The minimum absolute atomic E-state index is 0.387. The van der Waals surface area contributed by atoms with Gasteiger partial charge in [-0.2, -0.15) is 9.61 Å². The van der Waals surface area contributed by atoms with Gasteiger partial charge in [0.1, 0.15) is 17.0 Å². The molecular formula is C24H23N5O2S. The van der Waals surface area contributed by atoms with E-state index in [2.05, 4.69) is 28.5 Å². The molecular weight excluding hydrogens is 422 g/mol. The number of furan rings is 1. The normalized spacial score (nSPS) is 18.8. The highest BCUT2D eigenvalue weighted by Gasteiger charge is 2.25. The van der Waals surface area contributed by atoms with Crippen molar-refractivity contribution < 1.29 is 8.60 Å². The van der Waals surface area contributed by atoms with Crippen molar-refractivity contribution in [2.45, 2.75) is 25.3 Å². The van der Waals surface area contributed by atoms with Crippen molar-refractivity contribution in [2.75, 3.05) is 11.9 Å². The van der Waals surface area contributed by atoms with Gasteiger partial charge in [0.15, 0.2) is 5.65 Å². The van der Waals surface area contributed by atoms with Crippen LogP contribution < -0.4 is 10.5 Å². The minimum Gasteiger partial charge on any atom is -0.456 e. The van der Waals surface area contributed by atoms with Crippen LogP contribution in [-0.4, -0.2) is 27.2 Å². The molecule has 162 valence electrons. The predicted molar refractivity (Wildman–Crippen MR) is 128 cm³/mol. The second-order valence-electron chi connectivity index (χ2n) is 8.34. The summed E-state index contributed by atoms with van der Waals surface area (Å²) in [5, 5.41) is 16.1. The molecule has 0 aliphatic heterocycles. The summed E-state index contributed by atoms with van der Waals surface area (Å²) in [6.45, 7) is 0.697. The van der Waals surface area contributed by atoms with Crippen molar-refractivity contribution in [2.24, 2.45) is 11.1 Å². The molecule has 1 saturated carbocycles. The molecule has 3 aromatic heterocycles. The molecule has 3 N–H and O–H groups in total. The molecule has 5 aromatic rings. The van der Waals surface area contributed by atoms with Crippen LogP contribution in [0.25, 0.3) is 38.8 Å². The van der Waals surface area contributed by atoms with Crippen LogP contribution in [0.5, 0.6) is 0 Å². The molecule has 0 bridgehead atoms. The zero-order chi connectivity index (χ0) is 21.5. The highest BCUT2D eigenvalue weighted by atomic mass is 32.2. The second kappa shape index (κ2) is 8.12. The smallest absolute Gasteiger partial charge is 0.157 e. The van der Waals surface area contributed by atoms with Gasteiger partial charge in [0.05, 0.1) is 24.5 Å². The third-order valence-corrected chi connectivity index (χ3v) is 6.57. The Morgan fingerprint density at radius 3 is 2.94 bits per heavy atom. The Kier molecular flexibility index (Phi) is 4.98. The molecule has 32 heavy (non-hydrogen) atoms. The predicted octanol–water partition coefficient (Wildman–Crippen LogP) is 5.41. The number of para-hydroxylation sites is 1. The van der Waals surface area contributed by atoms with E-state index in [0.717, 1.165) is 76.2 Å². The highest BCUT2D eigenvalue weighted by Crippen LogP contribution is 2.33. The lowest BCUT2D eigenvalue weighted by Gasteiger charge is -2.15. The lowest BCUT2D eigenvalue weighted by molar-refractivity contribution is 0.290. The van der Waals surface area contributed by atoms with Crippen LogP contribution in [0.15, 0.2) is 65.2 Å². The molecule has 2 atom stereocenters. The van der Waals surface area contributed by atoms with Gasteiger partial charge in [0.25, 0.3) is 0 Å². The van der Waals surface area contributed by atoms with Crippen LogP contribution in [0.3, 0.4) is 0 Å². The summed E-state index contributed by atoms with van der Waals surface area (Å²) in [6.07, 6.45) is 5.13. The van der Waals surface area contributed by atoms with E-state index in [1.165, 1.54) is 0 Å². The van der Waals surface area contributed by atoms with Crippen LogP contribution in [0.4, 0.5) is 5.82 Å². The second-order valence-corrected chi connectivity index (χ2v) is 8.77. The molecule has 2 unspecified atom stereocenters. The highest BCUT2D eigenvalue weighted by molar-refractivity contribution is 7.92. The number of nitrogens with one attached hydrogen (secondary N) is 1. The number of nitrogens with two attached hydrogens (primary N) is 1. The first-order valence-electron chi connectivity index (χ1n) is 10.8. The van der Waals surface area contributed by atoms with Crippen LogP contribution in [0.1, 0.15) is 19.3 Å². The number of nitrogens with zero attached hydrogens (tertiary/aromatic N) is 3. The van der Waals surface area contributed by atoms with E-state index in [9.17, 15) is 0 Å². The summed E-state index contributed by atoms with van der Waals surface area (Å²) in [5.74, 6) is 1.49. The third kappa shape index (κ3) is 3.50. The maximum Gasteiger partial charge on any atom is 0.157 e. The number of fused-ring (bicyclic) bond motifs is 4. The molecule has 1 aliphatic rings. The first kappa shape index (κ1) is 19.6. The Hall–Kier alpha value is -3.07. The summed E-state index contributed by atoms with van der Waals surface area (Å²) in [4.78, 5) is 4.53. The summed E-state index contributed by atoms with van der Waals surface area (Å²) in [7, 11) is 0. The summed E-state index contributed by atoms with van der Waals surface area (Å²) < 4.78 is 13.2. The average molecular weight is 446 g/mol. The molecule has 0 radical (unpaired) electrons. The van der Waals surface area contributed by atoms with E-state index >= 15 is 0 Å². The average Bonchev–Trinajstić information content (AvgIpc) is 3.54. The van der Waals surface area contributed by atoms with E-state index in [1.54, 1.807) is 0 Å². The Labute approximate surface area is 189 Å².